The number of carbonyl (C=O) groups excluding carboxylic acids is 1. The van der Waals surface area contributed by atoms with Gasteiger partial charge in [-0.1, -0.05) is 13.8 Å². The van der Waals surface area contributed by atoms with Crippen molar-refractivity contribution >= 4 is 21.6 Å². The number of anilines is 1. The molecule has 6 nitrogen and oxygen atoms in total. The summed E-state index contributed by atoms with van der Waals surface area (Å²) in [5.74, 6) is -0.152. The lowest BCUT2D eigenvalue weighted by atomic mass is 10.2. The molecule has 0 radical (unpaired) electrons. The van der Waals surface area contributed by atoms with Gasteiger partial charge in [-0.05, 0) is 37.4 Å². The fourth-order valence-electron chi connectivity index (χ4n) is 1.98. The molecule has 0 spiro atoms. The zero-order chi connectivity index (χ0) is 16.8. The first-order chi connectivity index (χ1) is 10.3. The Kier molecular flexibility index (Phi) is 6.83. The van der Waals surface area contributed by atoms with Crippen LogP contribution >= 0.6 is 0 Å². The van der Waals surface area contributed by atoms with Gasteiger partial charge in [-0.2, -0.15) is 0 Å². The average molecular weight is 327 g/mol. The van der Waals surface area contributed by atoms with Gasteiger partial charge in [0.25, 0.3) is 5.91 Å². The molecule has 0 saturated carbocycles. The van der Waals surface area contributed by atoms with Crippen LogP contribution in [-0.2, 0) is 10.0 Å². The van der Waals surface area contributed by atoms with Crippen molar-refractivity contribution in [2.75, 3.05) is 43.8 Å². The quantitative estimate of drug-likeness (QED) is 0.778. The van der Waals surface area contributed by atoms with Crippen molar-refractivity contribution in [1.29, 1.82) is 0 Å². The first-order valence-electron chi connectivity index (χ1n) is 7.34. The molecule has 22 heavy (non-hydrogen) atoms. The van der Waals surface area contributed by atoms with E-state index in [1.165, 1.54) is 11.4 Å². The van der Waals surface area contributed by atoms with Gasteiger partial charge in [0.15, 0.2) is 0 Å². The fraction of sp³-hybridized carbons (Fsp3) is 0.533. The van der Waals surface area contributed by atoms with Gasteiger partial charge in [0.2, 0.25) is 10.0 Å². The van der Waals surface area contributed by atoms with Crippen LogP contribution in [0.25, 0.3) is 0 Å². The van der Waals surface area contributed by atoms with Crippen molar-refractivity contribution in [1.82, 2.24) is 10.2 Å². The number of nitrogens with one attached hydrogen (secondary N) is 1. The number of rotatable bonds is 8. The molecule has 7 heteroatoms. The molecule has 0 bridgehead atoms. The topological polar surface area (TPSA) is 69.7 Å². The van der Waals surface area contributed by atoms with E-state index < -0.39 is 10.0 Å². The zero-order valence-electron chi connectivity index (χ0n) is 13.7. The first-order valence-corrected chi connectivity index (χ1v) is 9.19. The van der Waals surface area contributed by atoms with E-state index >= 15 is 0 Å². The van der Waals surface area contributed by atoms with E-state index in [0.717, 1.165) is 25.9 Å². The predicted octanol–water partition coefficient (Wildman–Crippen LogP) is 1.15. The van der Waals surface area contributed by atoms with E-state index in [0.29, 0.717) is 17.8 Å². The van der Waals surface area contributed by atoms with Crippen LogP contribution in [0.1, 0.15) is 24.2 Å². The molecule has 124 valence electrons. The molecule has 0 heterocycles. The standard InChI is InChI=1S/C15H25N3O3S/c1-5-18(6-2)12-11-16-15(19)13-7-9-14(10-8-13)17(3)22(4,20)21/h7-10H,5-6,11-12H2,1-4H3,(H,16,19). The van der Waals surface area contributed by atoms with Crippen LogP contribution in [0.15, 0.2) is 24.3 Å². The van der Waals surface area contributed by atoms with Crippen LogP contribution in [0.4, 0.5) is 5.69 Å². The Balaban J connectivity index is 2.61. The number of amides is 1. The molecule has 0 saturated heterocycles. The van der Waals surface area contributed by atoms with Gasteiger partial charge in [0, 0.05) is 25.7 Å². The Morgan fingerprint density at radius 1 is 1.14 bits per heavy atom. The van der Waals surface area contributed by atoms with Gasteiger partial charge in [-0.15, -0.1) is 0 Å². The minimum absolute atomic E-state index is 0.152. The minimum atomic E-state index is -3.29. The molecule has 1 aromatic rings. The summed E-state index contributed by atoms with van der Waals surface area (Å²) >= 11 is 0. The number of hydrogen-bond donors (Lipinski definition) is 1. The summed E-state index contributed by atoms with van der Waals surface area (Å²) in [6.07, 6.45) is 1.14. The smallest absolute Gasteiger partial charge is 0.251 e. The third-order valence-corrected chi connectivity index (χ3v) is 4.80. The maximum atomic E-state index is 12.0. The summed E-state index contributed by atoms with van der Waals surface area (Å²) in [6.45, 7) is 7.49. The van der Waals surface area contributed by atoms with E-state index in [9.17, 15) is 13.2 Å². The third kappa shape index (κ3) is 5.31. The minimum Gasteiger partial charge on any atom is -0.351 e. The second-order valence-corrected chi connectivity index (χ2v) is 7.07. The van der Waals surface area contributed by atoms with Gasteiger partial charge < -0.3 is 10.2 Å². The molecular weight excluding hydrogens is 302 g/mol. The van der Waals surface area contributed by atoms with Crippen LogP contribution in [0, 0.1) is 0 Å². The molecule has 1 rings (SSSR count). The van der Waals surface area contributed by atoms with Gasteiger partial charge in [0.05, 0.1) is 11.9 Å². The molecular formula is C15H25N3O3S. The normalized spacial score (nSPS) is 11.5. The number of hydrogen-bond acceptors (Lipinski definition) is 4. The number of benzene rings is 1. The first kappa shape index (κ1) is 18.4. The number of nitrogens with zero attached hydrogens (tertiary/aromatic N) is 2. The maximum Gasteiger partial charge on any atom is 0.251 e. The van der Waals surface area contributed by atoms with E-state index in [-0.39, 0.29) is 5.91 Å². The zero-order valence-corrected chi connectivity index (χ0v) is 14.5. The van der Waals surface area contributed by atoms with Crippen molar-refractivity contribution in [3.05, 3.63) is 29.8 Å². The highest BCUT2D eigenvalue weighted by Crippen LogP contribution is 2.16. The summed E-state index contributed by atoms with van der Waals surface area (Å²) < 4.78 is 24.1. The molecule has 1 N–H and O–H groups in total. The van der Waals surface area contributed by atoms with E-state index in [1.807, 2.05) is 0 Å². The van der Waals surface area contributed by atoms with Gasteiger partial charge in [0.1, 0.15) is 0 Å². The second kappa shape index (κ2) is 8.14. The van der Waals surface area contributed by atoms with Gasteiger partial charge in [-0.25, -0.2) is 8.42 Å². The summed E-state index contributed by atoms with van der Waals surface area (Å²) in [6, 6.07) is 6.51. The second-order valence-electron chi connectivity index (χ2n) is 5.06. The Bertz CT molecular complexity index is 581. The SMILES string of the molecule is CCN(CC)CCNC(=O)c1ccc(N(C)S(C)(=O)=O)cc1. The third-order valence-electron chi connectivity index (χ3n) is 3.60. The lowest BCUT2D eigenvalue weighted by Crippen LogP contribution is -2.34. The van der Waals surface area contributed by atoms with Crippen LogP contribution in [-0.4, -0.2) is 58.7 Å². The van der Waals surface area contributed by atoms with Crippen LogP contribution in [0.2, 0.25) is 0 Å². The van der Waals surface area contributed by atoms with Crippen molar-refractivity contribution in [3.63, 3.8) is 0 Å². The predicted molar refractivity (Wildman–Crippen MR) is 89.8 cm³/mol. The molecule has 0 unspecified atom stereocenters. The fourth-order valence-corrected chi connectivity index (χ4v) is 2.49. The Labute approximate surface area is 133 Å². The van der Waals surface area contributed by atoms with Crippen molar-refractivity contribution < 1.29 is 13.2 Å². The number of likely N-dealkylation sites (N-methyl/N-ethyl adjacent to an activating group) is 1. The van der Waals surface area contributed by atoms with Crippen molar-refractivity contribution in [3.8, 4) is 0 Å². The van der Waals surface area contributed by atoms with E-state index in [2.05, 4.69) is 24.1 Å². The lowest BCUT2D eigenvalue weighted by Gasteiger charge is -2.18. The van der Waals surface area contributed by atoms with Crippen LogP contribution in [0.5, 0.6) is 0 Å². The highest BCUT2D eigenvalue weighted by molar-refractivity contribution is 7.92. The van der Waals surface area contributed by atoms with Gasteiger partial charge >= 0.3 is 0 Å². The van der Waals surface area contributed by atoms with E-state index in [4.69, 9.17) is 0 Å². The van der Waals surface area contributed by atoms with Crippen LogP contribution in [0.3, 0.4) is 0 Å². The summed E-state index contributed by atoms with van der Waals surface area (Å²) in [4.78, 5) is 14.2. The van der Waals surface area contributed by atoms with Gasteiger partial charge in [-0.3, -0.25) is 9.10 Å². The largest absolute Gasteiger partial charge is 0.351 e. The van der Waals surface area contributed by atoms with Crippen LogP contribution < -0.4 is 9.62 Å². The summed E-state index contributed by atoms with van der Waals surface area (Å²) in [5, 5.41) is 2.86. The molecule has 0 aliphatic rings. The number of sulfonamides is 1. The number of carbonyl (C=O) groups is 1. The Morgan fingerprint density at radius 3 is 2.14 bits per heavy atom. The lowest BCUT2D eigenvalue weighted by molar-refractivity contribution is 0.0949. The van der Waals surface area contributed by atoms with Crippen molar-refractivity contribution in [2.24, 2.45) is 0 Å². The molecule has 0 aliphatic carbocycles. The molecule has 0 atom stereocenters. The highest BCUT2D eigenvalue weighted by atomic mass is 32.2. The monoisotopic (exact) mass is 327 g/mol. The molecule has 1 amide bonds. The molecule has 1 aromatic carbocycles. The van der Waals surface area contributed by atoms with Crippen molar-refractivity contribution in [2.45, 2.75) is 13.8 Å². The summed E-state index contributed by atoms with van der Waals surface area (Å²) in [7, 11) is -1.81. The average Bonchev–Trinajstić information content (AvgIpc) is 2.50. The molecule has 0 aliphatic heterocycles. The highest BCUT2D eigenvalue weighted by Gasteiger charge is 2.12. The molecule has 0 fully saturated rings. The Morgan fingerprint density at radius 2 is 1.68 bits per heavy atom. The maximum absolute atomic E-state index is 12.0. The Hall–Kier alpha value is -1.60. The summed E-state index contributed by atoms with van der Waals surface area (Å²) in [5.41, 5.74) is 1.05. The molecule has 0 aromatic heterocycles. The van der Waals surface area contributed by atoms with E-state index in [1.54, 1.807) is 24.3 Å².